The molecule has 0 aliphatic rings. The number of nitrogens with zero attached hydrogens (tertiary/aromatic N) is 1. The first-order chi connectivity index (χ1) is 10.0. The number of H-pyrrole nitrogens is 1. The number of rotatable bonds is 8. The van der Waals surface area contributed by atoms with Crippen LogP contribution < -0.4 is 0 Å². The van der Waals surface area contributed by atoms with Gasteiger partial charge in [-0.15, -0.1) is 0 Å². The zero-order valence-corrected chi connectivity index (χ0v) is 14.1. The third kappa shape index (κ3) is 5.83. The summed E-state index contributed by atoms with van der Waals surface area (Å²) in [6, 6.07) is 11.1. The number of aromatic amines is 1. The standard InChI is InChI=1S/C16H24N2O2Si/c1-21(2,3)11-10-19-13-20-12-14-6-4-7-16(18-14)15-8-5-9-17-15/h4-9,17H,10-13H2,1-3H3. The monoisotopic (exact) mass is 304 g/mol. The number of hydrogen-bond acceptors (Lipinski definition) is 3. The molecule has 0 aliphatic carbocycles. The quantitative estimate of drug-likeness (QED) is 0.457. The number of ether oxygens (including phenoxy) is 2. The maximum atomic E-state index is 5.53. The van der Waals surface area contributed by atoms with Crippen LogP contribution in [-0.2, 0) is 16.1 Å². The molecule has 4 nitrogen and oxygen atoms in total. The second-order valence-corrected chi connectivity index (χ2v) is 11.9. The summed E-state index contributed by atoms with van der Waals surface area (Å²) in [4.78, 5) is 7.72. The van der Waals surface area contributed by atoms with E-state index >= 15 is 0 Å². The Balaban J connectivity index is 1.73. The van der Waals surface area contributed by atoms with Crippen LogP contribution in [-0.4, -0.2) is 31.4 Å². The molecule has 0 aliphatic heterocycles. The van der Waals surface area contributed by atoms with Gasteiger partial charge in [-0.3, -0.25) is 0 Å². The van der Waals surface area contributed by atoms with Crippen LogP contribution in [0, 0.1) is 0 Å². The molecule has 0 aromatic carbocycles. The zero-order chi connectivity index (χ0) is 15.1. The van der Waals surface area contributed by atoms with Gasteiger partial charge in [0.2, 0.25) is 0 Å². The van der Waals surface area contributed by atoms with Gasteiger partial charge >= 0.3 is 0 Å². The van der Waals surface area contributed by atoms with E-state index in [1.54, 1.807) is 0 Å². The van der Waals surface area contributed by atoms with Gasteiger partial charge in [-0.2, -0.15) is 0 Å². The Kier molecular flexibility index (Phi) is 5.73. The highest BCUT2D eigenvalue weighted by atomic mass is 28.3. The van der Waals surface area contributed by atoms with Gasteiger partial charge < -0.3 is 14.5 Å². The van der Waals surface area contributed by atoms with E-state index in [1.165, 1.54) is 0 Å². The molecule has 114 valence electrons. The van der Waals surface area contributed by atoms with Crippen LogP contribution in [0.3, 0.4) is 0 Å². The van der Waals surface area contributed by atoms with Gasteiger partial charge in [0.15, 0.2) is 0 Å². The maximum Gasteiger partial charge on any atom is 0.147 e. The van der Waals surface area contributed by atoms with E-state index in [4.69, 9.17) is 9.47 Å². The number of aromatic nitrogens is 2. The van der Waals surface area contributed by atoms with Crippen LogP contribution in [0.25, 0.3) is 11.4 Å². The average molecular weight is 304 g/mol. The van der Waals surface area contributed by atoms with Crippen molar-refractivity contribution in [2.24, 2.45) is 0 Å². The molecule has 2 heterocycles. The van der Waals surface area contributed by atoms with Crippen molar-refractivity contribution in [3.05, 3.63) is 42.2 Å². The Morgan fingerprint density at radius 3 is 2.67 bits per heavy atom. The Labute approximate surface area is 127 Å². The van der Waals surface area contributed by atoms with Crippen molar-refractivity contribution in [2.75, 3.05) is 13.4 Å². The Hall–Kier alpha value is -1.43. The van der Waals surface area contributed by atoms with Gasteiger partial charge in [-0.1, -0.05) is 25.7 Å². The van der Waals surface area contributed by atoms with E-state index in [1.807, 2.05) is 36.5 Å². The lowest BCUT2D eigenvalue weighted by molar-refractivity contribution is -0.0582. The molecule has 0 saturated carbocycles. The lowest BCUT2D eigenvalue weighted by Crippen LogP contribution is -2.22. The molecule has 2 rings (SSSR count). The minimum absolute atomic E-state index is 0.332. The fourth-order valence-electron chi connectivity index (χ4n) is 1.84. The third-order valence-electron chi connectivity index (χ3n) is 3.09. The average Bonchev–Trinajstić information content (AvgIpc) is 2.96. The summed E-state index contributed by atoms with van der Waals surface area (Å²) in [6.07, 6.45) is 1.90. The van der Waals surface area contributed by atoms with Crippen LogP contribution >= 0.6 is 0 Å². The summed E-state index contributed by atoms with van der Waals surface area (Å²) in [5.74, 6) is 0. The Morgan fingerprint density at radius 1 is 1.10 bits per heavy atom. The summed E-state index contributed by atoms with van der Waals surface area (Å²) in [7, 11) is -1.02. The van der Waals surface area contributed by atoms with Crippen LogP contribution in [0.1, 0.15) is 5.69 Å². The summed E-state index contributed by atoms with van der Waals surface area (Å²) in [5.41, 5.74) is 2.86. The Bertz CT molecular complexity index is 535. The molecule has 2 aromatic heterocycles. The fraction of sp³-hybridized carbons (Fsp3) is 0.438. The van der Waals surface area contributed by atoms with E-state index in [0.717, 1.165) is 29.7 Å². The first kappa shape index (κ1) is 15.9. The van der Waals surface area contributed by atoms with Crippen molar-refractivity contribution in [1.82, 2.24) is 9.97 Å². The number of pyridine rings is 1. The van der Waals surface area contributed by atoms with E-state index in [9.17, 15) is 0 Å². The van der Waals surface area contributed by atoms with Crippen LogP contribution in [0.2, 0.25) is 25.7 Å². The molecule has 0 bridgehead atoms. The normalized spacial score (nSPS) is 11.8. The van der Waals surface area contributed by atoms with Crippen molar-refractivity contribution < 1.29 is 9.47 Å². The van der Waals surface area contributed by atoms with Crippen molar-refractivity contribution in [3.63, 3.8) is 0 Å². The minimum Gasteiger partial charge on any atom is -0.360 e. The van der Waals surface area contributed by atoms with E-state index in [-0.39, 0.29) is 0 Å². The van der Waals surface area contributed by atoms with Gasteiger partial charge in [-0.25, -0.2) is 4.98 Å². The Morgan fingerprint density at radius 2 is 1.95 bits per heavy atom. The molecule has 5 heteroatoms. The molecular weight excluding hydrogens is 280 g/mol. The molecule has 0 fully saturated rings. The van der Waals surface area contributed by atoms with E-state index in [0.29, 0.717) is 13.4 Å². The first-order valence-electron chi connectivity index (χ1n) is 7.30. The lowest BCUT2D eigenvalue weighted by atomic mass is 10.2. The highest BCUT2D eigenvalue weighted by Crippen LogP contribution is 2.14. The molecule has 0 saturated heterocycles. The lowest BCUT2D eigenvalue weighted by Gasteiger charge is -2.15. The van der Waals surface area contributed by atoms with E-state index < -0.39 is 8.07 Å². The van der Waals surface area contributed by atoms with Gasteiger partial charge in [-0.05, 0) is 30.3 Å². The summed E-state index contributed by atoms with van der Waals surface area (Å²) < 4.78 is 11.0. The molecule has 21 heavy (non-hydrogen) atoms. The van der Waals surface area contributed by atoms with Gasteiger partial charge in [0.1, 0.15) is 6.79 Å². The van der Waals surface area contributed by atoms with Crippen LogP contribution in [0.4, 0.5) is 0 Å². The van der Waals surface area contributed by atoms with Crippen molar-refractivity contribution in [2.45, 2.75) is 32.3 Å². The zero-order valence-electron chi connectivity index (χ0n) is 13.1. The summed E-state index contributed by atoms with van der Waals surface area (Å²) in [6.45, 7) is 8.61. The van der Waals surface area contributed by atoms with Crippen LogP contribution in [0.5, 0.6) is 0 Å². The third-order valence-corrected chi connectivity index (χ3v) is 4.80. The van der Waals surface area contributed by atoms with Crippen molar-refractivity contribution in [3.8, 4) is 11.4 Å². The first-order valence-corrected chi connectivity index (χ1v) is 11.0. The smallest absolute Gasteiger partial charge is 0.147 e. The summed E-state index contributed by atoms with van der Waals surface area (Å²) >= 11 is 0. The molecule has 0 radical (unpaired) electrons. The second-order valence-electron chi connectivity index (χ2n) is 6.28. The fourth-order valence-corrected chi connectivity index (χ4v) is 2.60. The second kappa shape index (κ2) is 7.54. The predicted octanol–water partition coefficient (Wildman–Crippen LogP) is 3.91. The van der Waals surface area contributed by atoms with Crippen LogP contribution in [0.15, 0.2) is 36.5 Å². The number of nitrogens with one attached hydrogen (secondary N) is 1. The van der Waals surface area contributed by atoms with Crippen molar-refractivity contribution >= 4 is 8.07 Å². The van der Waals surface area contributed by atoms with Gasteiger partial charge in [0, 0.05) is 20.9 Å². The minimum atomic E-state index is -1.02. The number of hydrogen-bond donors (Lipinski definition) is 1. The maximum absolute atomic E-state index is 5.53. The summed E-state index contributed by atoms with van der Waals surface area (Å²) in [5, 5.41) is 0. The molecular formula is C16H24N2O2Si. The van der Waals surface area contributed by atoms with Crippen molar-refractivity contribution in [1.29, 1.82) is 0 Å². The van der Waals surface area contributed by atoms with Gasteiger partial charge in [0.05, 0.1) is 23.7 Å². The topological polar surface area (TPSA) is 47.1 Å². The molecule has 2 aromatic rings. The molecule has 0 unspecified atom stereocenters. The highest BCUT2D eigenvalue weighted by molar-refractivity contribution is 6.76. The van der Waals surface area contributed by atoms with Gasteiger partial charge in [0.25, 0.3) is 0 Å². The highest BCUT2D eigenvalue weighted by Gasteiger charge is 2.11. The van der Waals surface area contributed by atoms with E-state index in [2.05, 4.69) is 29.6 Å². The molecule has 0 spiro atoms. The SMILES string of the molecule is C[Si](C)(C)CCOCOCc1cccc(-c2ccc[nH]2)n1. The largest absolute Gasteiger partial charge is 0.360 e. The molecule has 0 atom stereocenters. The molecule has 0 amide bonds. The predicted molar refractivity (Wildman–Crippen MR) is 87.8 cm³/mol. The molecule has 1 N–H and O–H groups in total.